The molecule has 0 N–H and O–H groups in total. The molecular formula is C18H29N3O2. The van der Waals surface area contributed by atoms with Crippen LogP contribution < -0.4 is 0 Å². The van der Waals surface area contributed by atoms with Gasteiger partial charge in [-0.05, 0) is 30.5 Å². The maximum Gasteiger partial charge on any atom is 0.272 e. The molecule has 1 aromatic heterocycles. The number of pyridine rings is 1. The summed E-state index contributed by atoms with van der Waals surface area (Å²) in [6.45, 7) is 9.90. The SMILES string of the molecule is CC.CC(C)C(=O)N(C)Cc1ccnc(C(=O)N2CCCC2)c1. The van der Waals surface area contributed by atoms with Crippen LogP contribution in [0.4, 0.5) is 0 Å². The molecule has 0 atom stereocenters. The Morgan fingerprint density at radius 3 is 2.43 bits per heavy atom. The first kappa shape index (κ1) is 19.1. The zero-order valence-corrected chi connectivity index (χ0v) is 15.0. The maximum absolute atomic E-state index is 12.3. The number of aromatic nitrogens is 1. The van der Waals surface area contributed by atoms with Gasteiger partial charge < -0.3 is 9.80 Å². The van der Waals surface area contributed by atoms with Gasteiger partial charge in [-0.1, -0.05) is 27.7 Å². The summed E-state index contributed by atoms with van der Waals surface area (Å²) in [4.78, 5) is 31.9. The van der Waals surface area contributed by atoms with Gasteiger partial charge in [0.25, 0.3) is 5.91 Å². The summed E-state index contributed by atoms with van der Waals surface area (Å²) in [5.41, 5.74) is 1.41. The fourth-order valence-corrected chi connectivity index (χ4v) is 2.56. The van der Waals surface area contributed by atoms with E-state index in [-0.39, 0.29) is 17.7 Å². The number of carbonyl (C=O) groups is 2. The molecule has 0 aliphatic carbocycles. The van der Waals surface area contributed by atoms with Crippen molar-refractivity contribution in [2.75, 3.05) is 20.1 Å². The Morgan fingerprint density at radius 1 is 1.26 bits per heavy atom. The average Bonchev–Trinajstić information content (AvgIpc) is 3.09. The summed E-state index contributed by atoms with van der Waals surface area (Å²) in [6, 6.07) is 3.65. The Kier molecular flexibility index (Phi) is 7.72. The van der Waals surface area contributed by atoms with Crippen molar-refractivity contribution in [3.8, 4) is 0 Å². The Balaban J connectivity index is 0.00000127. The van der Waals surface area contributed by atoms with Crippen LogP contribution in [0.3, 0.4) is 0 Å². The first-order valence-corrected chi connectivity index (χ1v) is 8.48. The lowest BCUT2D eigenvalue weighted by Gasteiger charge is -2.20. The highest BCUT2D eigenvalue weighted by atomic mass is 16.2. The highest BCUT2D eigenvalue weighted by Crippen LogP contribution is 2.13. The number of hydrogen-bond acceptors (Lipinski definition) is 3. The van der Waals surface area contributed by atoms with Crippen molar-refractivity contribution in [2.45, 2.75) is 47.1 Å². The second kappa shape index (κ2) is 9.28. The van der Waals surface area contributed by atoms with Gasteiger partial charge in [0.2, 0.25) is 5.91 Å². The van der Waals surface area contributed by atoms with Crippen LogP contribution in [0.25, 0.3) is 0 Å². The van der Waals surface area contributed by atoms with E-state index in [0.29, 0.717) is 12.2 Å². The van der Waals surface area contributed by atoms with Crippen LogP contribution in [0, 0.1) is 5.92 Å². The fourth-order valence-electron chi connectivity index (χ4n) is 2.56. The predicted molar refractivity (Wildman–Crippen MR) is 92.0 cm³/mol. The van der Waals surface area contributed by atoms with Crippen molar-refractivity contribution in [3.63, 3.8) is 0 Å². The molecule has 0 unspecified atom stereocenters. The van der Waals surface area contributed by atoms with Crippen molar-refractivity contribution in [1.29, 1.82) is 0 Å². The molecular weight excluding hydrogens is 290 g/mol. The molecule has 128 valence electrons. The van der Waals surface area contributed by atoms with Crippen LogP contribution >= 0.6 is 0 Å². The van der Waals surface area contributed by atoms with Crippen LogP contribution in [0.2, 0.25) is 0 Å². The molecule has 23 heavy (non-hydrogen) atoms. The van der Waals surface area contributed by atoms with E-state index in [1.165, 1.54) is 0 Å². The number of amides is 2. The highest BCUT2D eigenvalue weighted by Gasteiger charge is 2.21. The van der Waals surface area contributed by atoms with E-state index in [0.717, 1.165) is 31.5 Å². The molecule has 0 radical (unpaired) electrons. The second-order valence-electron chi connectivity index (χ2n) is 5.90. The minimum absolute atomic E-state index is 0.00723. The van der Waals surface area contributed by atoms with E-state index in [2.05, 4.69) is 4.98 Å². The van der Waals surface area contributed by atoms with Crippen LogP contribution in [0.15, 0.2) is 18.3 Å². The first-order chi connectivity index (χ1) is 11.0. The largest absolute Gasteiger partial charge is 0.341 e. The molecule has 0 aromatic carbocycles. The smallest absolute Gasteiger partial charge is 0.272 e. The van der Waals surface area contributed by atoms with Crippen LogP contribution in [0.1, 0.15) is 56.6 Å². The monoisotopic (exact) mass is 319 g/mol. The number of carbonyl (C=O) groups excluding carboxylic acids is 2. The van der Waals surface area contributed by atoms with Gasteiger partial charge in [-0.25, -0.2) is 0 Å². The number of likely N-dealkylation sites (tertiary alicyclic amines) is 1. The molecule has 1 aromatic rings. The molecule has 5 heteroatoms. The number of hydrogen-bond donors (Lipinski definition) is 0. The summed E-state index contributed by atoms with van der Waals surface area (Å²) < 4.78 is 0. The summed E-state index contributed by atoms with van der Waals surface area (Å²) in [5, 5.41) is 0. The van der Waals surface area contributed by atoms with Crippen LogP contribution in [0.5, 0.6) is 0 Å². The third-order valence-electron chi connectivity index (χ3n) is 3.73. The standard InChI is InChI=1S/C16H23N3O2.C2H6/c1-12(2)15(20)18(3)11-13-6-7-17-14(10-13)16(21)19-8-4-5-9-19;1-2/h6-7,10,12H,4-5,8-9,11H2,1-3H3;1-2H3. The van der Waals surface area contributed by atoms with E-state index in [4.69, 9.17) is 0 Å². The van der Waals surface area contributed by atoms with E-state index in [1.54, 1.807) is 24.2 Å². The maximum atomic E-state index is 12.3. The molecule has 5 nitrogen and oxygen atoms in total. The van der Waals surface area contributed by atoms with Crippen molar-refractivity contribution in [2.24, 2.45) is 5.92 Å². The Labute approximate surface area is 139 Å². The molecule has 1 aliphatic heterocycles. The van der Waals surface area contributed by atoms with Gasteiger partial charge in [-0.15, -0.1) is 0 Å². The summed E-state index contributed by atoms with van der Waals surface area (Å²) in [7, 11) is 1.78. The van der Waals surface area contributed by atoms with E-state index in [1.807, 2.05) is 38.7 Å². The minimum Gasteiger partial charge on any atom is -0.341 e. The van der Waals surface area contributed by atoms with Crippen molar-refractivity contribution >= 4 is 11.8 Å². The number of nitrogens with zero attached hydrogens (tertiary/aromatic N) is 3. The third kappa shape index (κ3) is 5.34. The van der Waals surface area contributed by atoms with Gasteiger partial charge in [0, 0.05) is 38.8 Å². The summed E-state index contributed by atoms with van der Waals surface area (Å²) in [6.07, 6.45) is 3.78. The molecule has 1 aliphatic rings. The van der Waals surface area contributed by atoms with Gasteiger partial charge in [0.15, 0.2) is 0 Å². The first-order valence-electron chi connectivity index (χ1n) is 8.48. The predicted octanol–water partition coefficient (Wildman–Crippen LogP) is 2.96. The fraction of sp³-hybridized carbons (Fsp3) is 0.611. The molecule has 2 heterocycles. The van der Waals surface area contributed by atoms with Gasteiger partial charge in [-0.3, -0.25) is 14.6 Å². The average molecular weight is 319 g/mol. The molecule has 2 rings (SSSR count). The second-order valence-corrected chi connectivity index (χ2v) is 5.90. The minimum atomic E-state index is -0.0254. The zero-order chi connectivity index (χ0) is 17.4. The molecule has 1 saturated heterocycles. The lowest BCUT2D eigenvalue weighted by molar-refractivity contribution is -0.133. The molecule has 0 bridgehead atoms. The number of rotatable bonds is 4. The van der Waals surface area contributed by atoms with Crippen LogP contribution in [-0.2, 0) is 11.3 Å². The molecule has 0 saturated carbocycles. The third-order valence-corrected chi connectivity index (χ3v) is 3.73. The molecule has 1 fully saturated rings. The van der Waals surface area contributed by atoms with Crippen molar-refractivity contribution in [3.05, 3.63) is 29.6 Å². The van der Waals surface area contributed by atoms with E-state index in [9.17, 15) is 9.59 Å². The highest BCUT2D eigenvalue weighted by molar-refractivity contribution is 5.92. The van der Waals surface area contributed by atoms with Crippen molar-refractivity contribution in [1.82, 2.24) is 14.8 Å². The normalized spacial score (nSPS) is 13.6. The van der Waals surface area contributed by atoms with E-state index < -0.39 is 0 Å². The van der Waals surface area contributed by atoms with Gasteiger partial charge in [-0.2, -0.15) is 0 Å². The lowest BCUT2D eigenvalue weighted by Crippen LogP contribution is -2.30. The molecule has 0 spiro atoms. The van der Waals surface area contributed by atoms with Gasteiger partial charge in [0.1, 0.15) is 5.69 Å². The van der Waals surface area contributed by atoms with Crippen LogP contribution in [-0.4, -0.2) is 46.7 Å². The lowest BCUT2D eigenvalue weighted by atomic mass is 10.1. The quantitative estimate of drug-likeness (QED) is 0.857. The van der Waals surface area contributed by atoms with Gasteiger partial charge in [0.05, 0.1) is 0 Å². The molecule has 2 amide bonds. The van der Waals surface area contributed by atoms with Crippen molar-refractivity contribution < 1.29 is 9.59 Å². The van der Waals surface area contributed by atoms with Gasteiger partial charge >= 0.3 is 0 Å². The Morgan fingerprint density at radius 2 is 1.87 bits per heavy atom. The Bertz CT molecular complexity index is 523. The summed E-state index contributed by atoms with van der Waals surface area (Å²) >= 11 is 0. The van der Waals surface area contributed by atoms with E-state index >= 15 is 0 Å². The Hall–Kier alpha value is -1.91. The zero-order valence-electron chi connectivity index (χ0n) is 15.0. The summed E-state index contributed by atoms with van der Waals surface area (Å²) in [5.74, 6) is 0.0639. The topological polar surface area (TPSA) is 53.5 Å².